The molecule has 3 nitrogen and oxygen atoms in total. The summed E-state index contributed by atoms with van der Waals surface area (Å²) in [5.41, 5.74) is 0.957. The lowest BCUT2D eigenvalue weighted by atomic mass is 10.1. The first-order valence-corrected chi connectivity index (χ1v) is 8.63. The largest absolute Gasteiger partial charge is 0.242 e. The van der Waals surface area contributed by atoms with Gasteiger partial charge in [-0.05, 0) is 37.5 Å². The first-order valence-electron chi connectivity index (χ1n) is 6.77. The van der Waals surface area contributed by atoms with Crippen LogP contribution in [0.1, 0.15) is 44.1 Å². The molecule has 1 N–H and O–H groups in total. The van der Waals surface area contributed by atoms with Crippen LogP contribution in [0.15, 0.2) is 23.1 Å². The predicted molar refractivity (Wildman–Crippen MR) is 78.0 cm³/mol. The van der Waals surface area contributed by atoms with Gasteiger partial charge in [0.05, 0.1) is 5.02 Å². The van der Waals surface area contributed by atoms with Crippen molar-refractivity contribution in [2.24, 2.45) is 0 Å². The molecular formula is C14H20ClNO2S. The lowest BCUT2D eigenvalue weighted by molar-refractivity contribution is 0.510. The monoisotopic (exact) mass is 301 g/mol. The molecule has 1 aliphatic carbocycles. The lowest BCUT2D eigenvalue weighted by Crippen LogP contribution is -2.34. The molecule has 0 unspecified atom stereocenters. The van der Waals surface area contributed by atoms with E-state index in [1.165, 1.54) is 12.8 Å². The maximum atomic E-state index is 12.3. The summed E-state index contributed by atoms with van der Waals surface area (Å²) in [4.78, 5) is 0.184. The van der Waals surface area contributed by atoms with Gasteiger partial charge in [-0.2, -0.15) is 0 Å². The zero-order valence-corrected chi connectivity index (χ0v) is 12.7. The van der Waals surface area contributed by atoms with E-state index in [0.29, 0.717) is 5.02 Å². The van der Waals surface area contributed by atoms with E-state index in [1.807, 2.05) is 6.92 Å². The molecule has 2 rings (SSSR count). The lowest BCUT2D eigenvalue weighted by Gasteiger charge is -2.17. The summed E-state index contributed by atoms with van der Waals surface area (Å²) >= 11 is 6.04. The Bertz CT molecular complexity index is 534. The highest BCUT2D eigenvalue weighted by Gasteiger charge is 2.23. The minimum atomic E-state index is -3.51. The Kier molecular flexibility index (Phi) is 4.87. The van der Waals surface area contributed by atoms with Gasteiger partial charge in [-0.25, -0.2) is 13.1 Å². The Labute approximate surface area is 120 Å². The minimum Gasteiger partial charge on any atom is -0.208 e. The smallest absolute Gasteiger partial charge is 0.208 e. The standard InChI is InChI=1S/C14H20ClNO2S/c1-11-8-9-14(13(15)10-11)19(17,18)16-12-6-4-2-3-5-7-12/h8-10,12,16H,2-7H2,1H3. The fraction of sp³-hybridized carbons (Fsp3) is 0.571. The summed E-state index contributed by atoms with van der Waals surface area (Å²) in [5, 5.41) is 0.293. The topological polar surface area (TPSA) is 46.2 Å². The van der Waals surface area contributed by atoms with Crippen LogP contribution in [-0.4, -0.2) is 14.5 Å². The first-order chi connectivity index (χ1) is 8.99. The van der Waals surface area contributed by atoms with Crippen molar-refractivity contribution in [1.29, 1.82) is 0 Å². The molecule has 0 saturated heterocycles. The van der Waals surface area contributed by atoms with Crippen molar-refractivity contribution in [3.8, 4) is 0 Å². The molecular weight excluding hydrogens is 282 g/mol. The molecule has 1 saturated carbocycles. The van der Waals surface area contributed by atoms with Gasteiger partial charge in [0.15, 0.2) is 0 Å². The van der Waals surface area contributed by atoms with Gasteiger partial charge in [0, 0.05) is 6.04 Å². The Hall–Kier alpha value is -0.580. The van der Waals surface area contributed by atoms with Gasteiger partial charge < -0.3 is 0 Å². The minimum absolute atomic E-state index is 0.0462. The van der Waals surface area contributed by atoms with Crippen LogP contribution < -0.4 is 4.72 Å². The van der Waals surface area contributed by atoms with E-state index in [2.05, 4.69) is 4.72 Å². The van der Waals surface area contributed by atoms with Gasteiger partial charge in [0.2, 0.25) is 10.0 Å². The quantitative estimate of drug-likeness (QED) is 0.866. The van der Waals surface area contributed by atoms with Crippen molar-refractivity contribution in [3.05, 3.63) is 28.8 Å². The molecule has 0 aliphatic heterocycles. The number of rotatable bonds is 3. The molecule has 0 bridgehead atoms. The second-order valence-electron chi connectivity index (χ2n) is 5.24. The van der Waals surface area contributed by atoms with Crippen LogP contribution in [0.4, 0.5) is 0 Å². The third-order valence-corrected chi connectivity index (χ3v) is 5.56. The number of aryl methyl sites for hydroxylation is 1. The Morgan fingerprint density at radius 1 is 1.16 bits per heavy atom. The van der Waals surface area contributed by atoms with Crippen molar-refractivity contribution < 1.29 is 8.42 Å². The van der Waals surface area contributed by atoms with Crippen molar-refractivity contribution in [2.45, 2.75) is 56.4 Å². The van der Waals surface area contributed by atoms with Gasteiger partial charge in [0.1, 0.15) is 4.90 Å². The number of sulfonamides is 1. The average Bonchev–Trinajstić information content (AvgIpc) is 2.56. The molecule has 0 atom stereocenters. The summed E-state index contributed by atoms with van der Waals surface area (Å²) in [6.45, 7) is 1.89. The van der Waals surface area contributed by atoms with Gasteiger partial charge in [-0.3, -0.25) is 0 Å². The fourth-order valence-electron chi connectivity index (χ4n) is 2.50. The second kappa shape index (κ2) is 6.25. The van der Waals surface area contributed by atoms with E-state index in [9.17, 15) is 8.42 Å². The molecule has 1 aliphatic rings. The zero-order valence-electron chi connectivity index (χ0n) is 11.2. The van der Waals surface area contributed by atoms with Gasteiger partial charge in [0.25, 0.3) is 0 Å². The Morgan fingerprint density at radius 3 is 2.37 bits per heavy atom. The molecule has 19 heavy (non-hydrogen) atoms. The van der Waals surface area contributed by atoms with E-state index in [0.717, 1.165) is 31.2 Å². The molecule has 106 valence electrons. The zero-order chi connectivity index (χ0) is 13.9. The summed E-state index contributed by atoms with van der Waals surface area (Å²) in [7, 11) is -3.51. The van der Waals surface area contributed by atoms with Crippen molar-refractivity contribution in [1.82, 2.24) is 4.72 Å². The van der Waals surface area contributed by atoms with Crippen LogP contribution >= 0.6 is 11.6 Å². The maximum absolute atomic E-state index is 12.3. The molecule has 1 aromatic rings. The number of hydrogen-bond acceptors (Lipinski definition) is 2. The first kappa shape index (κ1) is 14.8. The maximum Gasteiger partial charge on any atom is 0.242 e. The number of benzene rings is 1. The highest BCUT2D eigenvalue weighted by molar-refractivity contribution is 7.89. The van der Waals surface area contributed by atoms with Gasteiger partial charge in [-0.1, -0.05) is 43.4 Å². The van der Waals surface area contributed by atoms with E-state index >= 15 is 0 Å². The molecule has 1 fully saturated rings. The van der Waals surface area contributed by atoms with Crippen molar-refractivity contribution in [3.63, 3.8) is 0 Å². The third-order valence-electron chi connectivity index (χ3n) is 3.55. The fourth-order valence-corrected chi connectivity index (χ4v) is 4.41. The molecule has 0 aromatic heterocycles. The Morgan fingerprint density at radius 2 is 1.79 bits per heavy atom. The van der Waals surface area contributed by atoms with E-state index in [4.69, 9.17) is 11.6 Å². The molecule has 0 amide bonds. The second-order valence-corrected chi connectivity index (χ2v) is 7.33. The highest BCUT2D eigenvalue weighted by atomic mass is 35.5. The molecule has 0 spiro atoms. The van der Waals surface area contributed by atoms with E-state index in [-0.39, 0.29) is 10.9 Å². The van der Waals surface area contributed by atoms with Crippen LogP contribution in [0.25, 0.3) is 0 Å². The normalized spacial score (nSPS) is 18.2. The Balaban J connectivity index is 2.17. The van der Waals surface area contributed by atoms with E-state index in [1.54, 1.807) is 18.2 Å². The van der Waals surface area contributed by atoms with Crippen LogP contribution in [0.5, 0.6) is 0 Å². The number of hydrogen-bond donors (Lipinski definition) is 1. The summed E-state index contributed by atoms with van der Waals surface area (Å²) < 4.78 is 27.5. The third kappa shape index (κ3) is 3.94. The molecule has 0 heterocycles. The molecule has 5 heteroatoms. The SMILES string of the molecule is Cc1ccc(S(=O)(=O)NC2CCCCCC2)c(Cl)c1. The van der Waals surface area contributed by atoms with Gasteiger partial charge >= 0.3 is 0 Å². The summed E-state index contributed by atoms with van der Waals surface area (Å²) in [6.07, 6.45) is 6.42. The van der Waals surface area contributed by atoms with Crippen molar-refractivity contribution >= 4 is 21.6 Å². The van der Waals surface area contributed by atoms with E-state index < -0.39 is 10.0 Å². The summed E-state index contributed by atoms with van der Waals surface area (Å²) in [6, 6.07) is 5.08. The van der Waals surface area contributed by atoms with Gasteiger partial charge in [-0.15, -0.1) is 0 Å². The molecule has 0 radical (unpaired) electrons. The average molecular weight is 302 g/mol. The number of halogens is 1. The molecule has 1 aromatic carbocycles. The van der Waals surface area contributed by atoms with Crippen LogP contribution in [0, 0.1) is 6.92 Å². The number of nitrogens with one attached hydrogen (secondary N) is 1. The van der Waals surface area contributed by atoms with Crippen molar-refractivity contribution in [2.75, 3.05) is 0 Å². The highest BCUT2D eigenvalue weighted by Crippen LogP contribution is 2.24. The predicted octanol–water partition coefficient (Wildman–Crippen LogP) is 3.65. The van der Waals surface area contributed by atoms with Crippen LogP contribution in [0.2, 0.25) is 5.02 Å². The summed E-state index contributed by atoms with van der Waals surface area (Å²) in [5.74, 6) is 0. The van der Waals surface area contributed by atoms with Crippen LogP contribution in [-0.2, 0) is 10.0 Å². The van der Waals surface area contributed by atoms with Crippen LogP contribution in [0.3, 0.4) is 0 Å².